The molecule has 0 spiro atoms. The van der Waals surface area contributed by atoms with Gasteiger partial charge in [-0.3, -0.25) is 10.4 Å². The molecule has 0 fully saturated rings. The van der Waals surface area contributed by atoms with Gasteiger partial charge in [-0.05, 0) is 12.5 Å². The molecule has 0 aromatic heterocycles. The molecule has 2 rings (SSSR count). The topological polar surface area (TPSA) is 27.6 Å². The van der Waals surface area contributed by atoms with Crippen LogP contribution in [0.5, 0.6) is 0 Å². The summed E-state index contributed by atoms with van der Waals surface area (Å²) in [6.45, 7) is 0. The van der Waals surface area contributed by atoms with Gasteiger partial charge in [-0.25, -0.2) is 4.99 Å². The van der Waals surface area contributed by atoms with E-state index in [2.05, 4.69) is 38.5 Å². The zero-order chi connectivity index (χ0) is 7.68. The summed E-state index contributed by atoms with van der Waals surface area (Å²) < 4.78 is 1.16. The number of aliphatic imine (C=N–C) groups is 1. The summed E-state index contributed by atoms with van der Waals surface area (Å²) in [4.78, 5) is 4.19. The van der Waals surface area contributed by atoms with Crippen LogP contribution in [0.4, 0.5) is 0 Å². The van der Waals surface area contributed by atoms with Crippen LogP contribution in [0.15, 0.2) is 27.8 Å². The van der Waals surface area contributed by atoms with E-state index in [9.17, 15) is 0 Å². The number of nitrogens with one attached hydrogen (secondary N) is 1. The Balaban J connectivity index is 2.25. The van der Waals surface area contributed by atoms with E-state index in [4.69, 9.17) is 0 Å². The third kappa shape index (κ3) is 1.30. The average Bonchev–Trinajstić information content (AvgIpc) is 2.31. The van der Waals surface area contributed by atoms with Crippen molar-refractivity contribution in [3.63, 3.8) is 0 Å². The highest BCUT2D eigenvalue weighted by atomic mass is 79.9. The minimum Gasteiger partial charge on any atom is -0.286 e. The predicted octanol–water partition coefficient (Wildman–Crippen LogP) is 1.36. The predicted molar refractivity (Wildman–Crippen MR) is 48.0 cm³/mol. The number of rotatable bonds is 0. The van der Waals surface area contributed by atoms with Crippen molar-refractivity contribution in [2.75, 3.05) is 0 Å². The van der Waals surface area contributed by atoms with E-state index in [1.807, 2.05) is 11.2 Å². The van der Waals surface area contributed by atoms with Crippen LogP contribution >= 0.6 is 15.9 Å². The monoisotopic (exact) mass is 213 g/mol. The Kier molecular flexibility index (Phi) is 1.69. The van der Waals surface area contributed by atoms with E-state index in [1.54, 1.807) is 6.34 Å². The largest absolute Gasteiger partial charge is 0.286 e. The SMILES string of the molecule is BrC1=CN2NC=NC2C=CC1. The van der Waals surface area contributed by atoms with Crippen LogP contribution in [0.25, 0.3) is 0 Å². The summed E-state index contributed by atoms with van der Waals surface area (Å²) in [5.74, 6) is 0. The summed E-state index contributed by atoms with van der Waals surface area (Å²) in [6.07, 6.45) is 8.99. The van der Waals surface area contributed by atoms with Crippen LogP contribution in [0.1, 0.15) is 6.42 Å². The maximum absolute atomic E-state index is 4.19. The van der Waals surface area contributed by atoms with Crippen molar-refractivity contribution >= 4 is 22.3 Å². The van der Waals surface area contributed by atoms with E-state index in [1.165, 1.54) is 0 Å². The van der Waals surface area contributed by atoms with Gasteiger partial charge in [0.1, 0.15) is 6.34 Å². The first-order chi connectivity index (χ1) is 5.36. The zero-order valence-electron chi connectivity index (χ0n) is 5.87. The summed E-state index contributed by atoms with van der Waals surface area (Å²) in [6, 6.07) is 0. The molecule has 0 aromatic rings. The standard InChI is InChI=1S/C7H8BrN3/c8-6-2-1-3-7-9-5-10-11(7)4-6/h1,3-5,7H,2H2,(H,9,10). The third-order valence-corrected chi connectivity index (χ3v) is 2.15. The van der Waals surface area contributed by atoms with Gasteiger partial charge in [0.05, 0.1) is 0 Å². The van der Waals surface area contributed by atoms with E-state index in [-0.39, 0.29) is 6.17 Å². The van der Waals surface area contributed by atoms with Crippen molar-refractivity contribution in [2.45, 2.75) is 12.6 Å². The quantitative estimate of drug-likeness (QED) is 0.616. The maximum atomic E-state index is 4.19. The summed E-state index contributed by atoms with van der Waals surface area (Å²) in [5, 5.41) is 1.95. The fraction of sp³-hybridized carbons (Fsp3) is 0.286. The number of hydrazine groups is 1. The van der Waals surface area contributed by atoms with Crippen LogP contribution < -0.4 is 5.43 Å². The van der Waals surface area contributed by atoms with E-state index in [0.717, 1.165) is 10.9 Å². The highest BCUT2D eigenvalue weighted by Crippen LogP contribution is 2.18. The number of nitrogens with zero attached hydrogens (tertiary/aromatic N) is 2. The number of hydrogen-bond donors (Lipinski definition) is 1. The van der Waals surface area contributed by atoms with E-state index in [0.29, 0.717) is 0 Å². The number of fused-ring (bicyclic) bond motifs is 1. The molecule has 2 heterocycles. The molecule has 1 atom stereocenters. The molecule has 2 aliphatic rings. The molecule has 1 N–H and O–H groups in total. The molecular weight excluding hydrogens is 206 g/mol. The highest BCUT2D eigenvalue weighted by molar-refractivity contribution is 9.11. The second-order valence-electron chi connectivity index (χ2n) is 2.44. The molecule has 0 saturated heterocycles. The van der Waals surface area contributed by atoms with Gasteiger partial charge in [-0.1, -0.05) is 22.0 Å². The van der Waals surface area contributed by atoms with Gasteiger partial charge in [0.25, 0.3) is 0 Å². The van der Waals surface area contributed by atoms with Gasteiger partial charge >= 0.3 is 0 Å². The summed E-state index contributed by atoms with van der Waals surface area (Å²) in [5.41, 5.74) is 3.01. The molecule has 2 aliphatic heterocycles. The van der Waals surface area contributed by atoms with Crippen molar-refractivity contribution < 1.29 is 0 Å². The molecule has 0 radical (unpaired) electrons. The minimum absolute atomic E-state index is 0.144. The highest BCUT2D eigenvalue weighted by Gasteiger charge is 2.16. The molecule has 0 bridgehead atoms. The molecule has 4 heteroatoms. The van der Waals surface area contributed by atoms with E-state index < -0.39 is 0 Å². The summed E-state index contributed by atoms with van der Waals surface area (Å²) >= 11 is 3.45. The first kappa shape index (κ1) is 6.91. The normalized spacial score (nSPS) is 27.5. The summed E-state index contributed by atoms with van der Waals surface area (Å²) in [7, 11) is 0. The molecule has 0 aliphatic carbocycles. The van der Waals surface area contributed by atoms with Crippen LogP contribution in [0.3, 0.4) is 0 Å². The molecule has 11 heavy (non-hydrogen) atoms. The zero-order valence-corrected chi connectivity index (χ0v) is 7.45. The molecular formula is C7H8BrN3. The van der Waals surface area contributed by atoms with Crippen molar-refractivity contribution in [1.82, 2.24) is 10.4 Å². The lowest BCUT2D eigenvalue weighted by Crippen LogP contribution is -2.32. The van der Waals surface area contributed by atoms with Crippen LogP contribution in [-0.2, 0) is 0 Å². The Labute approximate surface area is 73.6 Å². The lowest BCUT2D eigenvalue weighted by Gasteiger charge is -2.16. The van der Waals surface area contributed by atoms with Crippen LogP contribution in [0, 0.1) is 0 Å². The van der Waals surface area contributed by atoms with Gasteiger partial charge in [-0.2, -0.15) is 0 Å². The third-order valence-electron chi connectivity index (χ3n) is 1.62. The molecule has 0 saturated carbocycles. The lowest BCUT2D eigenvalue weighted by atomic mass is 10.4. The van der Waals surface area contributed by atoms with Gasteiger partial charge in [0.15, 0.2) is 6.17 Å². The molecule has 0 amide bonds. The van der Waals surface area contributed by atoms with Gasteiger partial charge < -0.3 is 0 Å². The Bertz CT molecular complexity index is 244. The molecule has 3 nitrogen and oxygen atoms in total. The number of allylic oxidation sites excluding steroid dienone is 2. The number of hydrogen-bond acceptors (Lipinski definition) is 3. The first-order valence-electron chi connectivity index (χ1n) is 3.45. The number of halogens is 1. The van der Waals surface area contributed by atoms with Gasteiger partial charge in [0, 0.05) is 10.7 Å². The average molecular weight is 214 g/mol. The Morgan fingerprint density at radius 3 is 3.55 bits per heavy atom. The van der Waals surface area contributed by atoms with Crippen molar-refractivity contribution in [3.05, 3.63) is 22.8 Å². The molecule has 1 unspecified atom stereocenters. The van der Waals surface area contributed by atoms with Crippen LogP contribution in [-0.4, -0.2) is 17.5 Å². The fourth-order valence-corrected chi connectivity index (χ4v) is 1.49. The van der Waals surface area contributed by atoms with Crippen molar-refractivity contribution in [1.29, 1.82) is 0 Å². The first-order valence-corrected chi connectivity index (χ1v) is 4.24. The Morgan fingerprint density at radius 2 is 2.64 bits per heavy atom. The smallest absolute Gasteiger partial charge is 0.159 e. The van der Waals surface area contributed by atoms with Crippen LogP contribution in [0.2, 0.25) is 0 Å². The molecule has 58 valence electrons. The minimum atomic E-state index is 0.144. The lowest BCUT2D eigenvalue weighted by molar-refractivity contribution is 0.320. The Morgan fingerprint density at radius 1 is 1.73 bits per heavy atom. The molecule has 0 aromatic carbocycles. The maximum Gasteiger partial charge on any atom is 0.159 e. The second kappa shape index (κ2) is 2.70. The fourth-order valence-electron chi connectivity index (χ4n) is 1.09. The van der Waals surface area contributed by atoms with Gasteiger partial charge in [0.2, 0.25) is 0 Å². The van der Waals surface area contributed by atoms with Crippen molar-refractivity contribution in [2.24, 2.45) is 4.99 Å². The van der Waals surface area contributed by atoms with Crippen molar-refractivity contribution in [3.8, 4) is 0 Å². The van der Waals surface area contributed by atoms with E-state index >= 15 is 0 Å². The van der Waals surface area contributed by atoms with Gasteiger partial charge in [-0.15, -0.1) is 0 Å². The Hall–Kier alpha value is -0.770. The second-order valence-corrected chi connectivity index (χ2v) is 3.45.